The third-order valence-corrected chi connectivity index (χ3v) is 2.45. The Morgan fingerprint density at radius 3 is 2.62 bits per heavy atom. The van der Waals surface area contributed by atoms with Crippen LogP contribution in [0.2, 0.25) is 5.02 Å². The van der Waals surface area contributed by atoms with Crippen LogP contribution in [0.5, 0.6) is 0 Å². The van der Waals surface area contributed by atoms with Crippen LogP contribution in [0.3, 0.4) is 0 Å². The quantitative estimate of drug-likeness (QED) is 0.778. The number of nitrogens with zero attached hydrogens (tertiary/aromatic N) is 3. The molecule has 16 heavy (non-hydrogen) atoms. The molecule has 0 bridgehead atoms. The topological polar surface area (TPSA) is 30.2 Å². The number of halogens is 4. The largest absolute Gasteiger partial charge is 0.417 e. The van der Waals surface area contributed by atoms with Crippen molar-refractivity contribution in [2.75, 3.05) is 0 Å². The van der Waals surface area contributed by atoms with Crippen LogP contribution < -0.4 is 0 Å². The predicted octanol–water partition coefficient (Wildman–Crippen LogP) is 2.96. The first kappa shape index (κ1) is 11.2. The number of pyridine rings is 1. The van der Waals surface area contributed by atoms with Crippen molar-refractivity contribution in [3.63, 3.8) is 0 Å². The van der Waals surface area contributed by atoms with E-state index in [0.29, 0.717) is 12.2 Å². The zero-order valence-corrected chi connectivity index (χ0v) is 8.97. The maximum atomic E-state index is 12.5. The minimum Gasteiger partial charge on any atom is -0.285 e. The molecule has 0 N–H and O–H groups in total. The first-order valence-corrected chi connectivity index (χ1v) is 4.91. The van der Waals surface area contributed by atoms with Crippen LogP contribution in [0, 0.1) is 0 Å². The Morgan fingerprint density at radius 2 is 2.06 bits per heavy atom. The van der Waals surface area contributed by atoms with Gasteiger partial charge < -0.3 is 0 Å². The van der Waals surface area contributed by atoms with Crippen molar-refractivity contribution in [1.82, 2.24) is 14.6 Å². The molecule has 0 unspecified atom stereocenters. The second kappa shape index (κ2) is 3.62. The monoisotopic (exact) mass is 249 g/mol. The van der Waals surface area contributed by atoms with Gasteiger partial charge in [0.05, 0.1) is 10.6 Å². The van der Waals surface area contributed by atoms with Crippen molar-refractivity contribution in [2.45, 2.75) is 19.5 Å². The molecule has 0 radical (unpaired) electrons. The summed E-state index contributed by atoms with van der Waals surface area (Å²) in [6.45, 7) is 1.78. The van der Waals surface area contributed by atoms with Gasteiger partial charge in [-0.15, -0.1) is 10.2 Å². The Morgan fingerprint density at radius 1 is 1.38 bits per heavy atom. The second-order valence-corrected chi connectivity index (χ2v) is 3.65. The van der Waals surface area contributed by atoms with Crippen LogP contribution >= 0.6 is 11.6 Å². The van der Waals surface area contributed by atoms with E-state index in [1.807, 2.05) is 0 Å². The molecule has 0 amide bonds. The van der Waals surface area contributed by atoms with Crippen LogP contribution in [-0.4, -0.2) is 14.6 Å². The van der Waals surface area contributed by atoms with Gasteiger partial charge in [0.25, 0.3) is 0 Å². The third kappa shape index (κ3) is 1.73. The number of hydrogen-bond acceptors (Lipinski definition) is 2. The van der Waals surface area contributed by atoms with Gasteiger partial charge in [-0.1, -0.05) is 18.5 Å². The Balaban J connectivity index is 2.73. The van der Waals surface area contributed by atoms with Crippen molar-refractivity contribution >= 4 is 17.2 Å². The molecule has 86 valence electrons. The number of rotatable bonds is 1. The molecule has 0 saturated carbocycles. The molecule has 0 saturated heterocycles. The van der Waals surface area contributed by atoms with E-state index in [0.717, 1.165) is 12.3 Å². The standard InChI is InChI=1S/C9H7ClF3N3/c1-2-7-14-15-8-6(10)3-5(4-16(7)8)9(11,12)13/h3-4H,2H2,1H3. The lowest BCUT2D eigenvalue weighted by atomic mass is 10.2. The van der Waals surface area contributed by atoms with Gasteiger partial charge in [-0.25, -0.2) is 0 Å². The van der Waals surface area contributed by atoms with Crippen molar-refractivity contribution in [1.29, 1.82) is 0 Å². The summed E-state index contributed by atoms with van der Waals surface area (Å²) in [5.74, 6) is 0.447. The van der Waals surface area contributed by atoms with Gasteiger partial charge in [0.15, 0.2) is 5.65 Å². The molecule has 0 fully saturated rings. The fraction of sp³-hybridized carbons (Fsp3) is 0.333. The highest BCUT2D eigenvalue weighted by Gasteiger charge is 2.32. The second-order valence-electron chi connectivity index (χ2n) is 3.24. The summed E-state index contributed by atoms with van der Waals surface area (Å²) in [5.41, 5.74) is -0.564. The highest BCUT2D eigenvalue weighted by atomic mass is 35.5. The van der Waals surface area contributed by atoms with Gasteiger partial charge in [-0.05, 0) is 6.07 Å². The van der Waals surface area contributed by atoms with E-state index in [4.69, 9.17) is 11.6 Å². The molecule has 2 heterocycles. The van der Waals surface area contributed by atoms with Gasteiger partial charge in [0.1, 0.15) is 5.82 Å². The number of hydrogen-bond donors (Lipinski definition) is 0. The van der Waals surface area contributed by atoms with Gasteiger partial charge >= 0.3 is 6.18 Å². The molecule has 0 aliphatic heterocycles. The first-order valence-electron chi connectivity index (χ1n) is 4.54. The molecule has 2 aromatic rings. The van der Waals surface area contributed by atoms with Gasteiger partial charge in [-0.2, -0.15) is 13.2 Å². The lowest BCUT2D eigenvalue weighted by molar-refractivity contribution is -0.137. The maximum absolute atomic E-state index is 12.5. The normalized spacial score (nSPS) is 12.3. The van der Waals surface area contributed by atoms with Crippen molar-refractivity contribution < 1.29 is 13.2 Å². The summed E-state index contributed by atoms with van der Waals surface area (Å²) in [4.78, 5) is 0. The minimum absolute atomic E-state index is 0.0537. The highest BCUT2D eigenvalue weighted by molar-refractivity contribution is 6.33. The van der Waals surface area contributed by atoms with E-state index in [9.17, 15) is 13.2 Å². The van der Waals surface area contributed by atoms with E-state index in [1.54, 1.807) is 6.92 Å². The summed E-state index contributed by atoms with van der Waals surface area (Å²) in [7, 11) is 0. The Hall–Kier alpha value is -1.30. The van der Waals surface area contributed by atoms with E-state index in [2.05, 4.69) is 10.2 Å². The maximum Gasteiger partial charge on any atom is 0.417 e. The van der Waals surface area contributed by atoms with Gasteiger partial charge in [-0.3, -0.25) is 4.40 Å². The third-order valence-electron chi connectivity index (χ3n) is 2.17. The Kier molecular flexibility index (Phi) is 2.53. The molecule has 0 aromatic carbocycles. The van der Waals surface area contributed by atoms with Gasteiger partial charge in [0, 0.05) is 12.6 Å². The summed E-state index contributed by atoms with van der Waals surface area (Å²) < 4.78 is 38.8. The highest BCUT2D eigenvalue weighted by Crippen LogP contribution is 2.32. The fourth-order valence-corrected chi connectivity index (χ4v) is 1.64. The van der Waals surface area contributed by atoms with Crippen molar-refractivity contribution in [3.8, 4) is 0 Å². The zero-order chi connectivity index (χ0) is 11.9. The van der Waals surface area contributed by atoms with Crippen molar-refractivity contribution in [2.24, 2.45) is 0 Å². The SMILES string of the molecule is CCc1nnc2c(Cl)cc(C(F)(F)F)cn12. The molecule has 0 aliphatic rings. The van der Waals surface area contributed by atoms with Crippen LogP contribution in [-0.2, 0) is 12.6 Å². The fourth-order valence-electron chi connectivity index (χ4n) is 1.40. The predicted molar refractivity (Wildman–Crippen MR) is 52.4 cm³/mol. The van der Waals surface area contributed by atoms with E-state index in [-0.39, 0.29) is 10.7 Å². The Bertz CT molecular complexity index is 533. The van der Waals surface area contributed by atoms with Crippen molar-refractivity contribution in [3.05, 3.63) is 28.7 Å². The molecular weight excluding hydrogens is 243 g/mol. The Labute approximate surface area is 93.9 Å². The molecule has 0 atom stereocenters. The average Bonchev–Trinajstić information content (AvgIpc) is 2.59. The zero-order valence-electron chi connectivity index (χ0n) is 8.22. The molecule has 7 heteroatoms. The molecule has 0 spiro atoms. The number of aromatic nitrogens is 3. The molecule has 2 aromatic heterocycles. The van der Waals surface area contributed by atoms with Gasteiger partial charge in [0.2, 0.25) is 0 Å². The van der Waals surface area contributed by atoms with Crippen LogP contribution in [0.1, 0.15) is 18.3 Å². The van der Waals surface area contributed by atoms with Crippen LogP contribution in [0.15, 0.2) is 12.3 Å². The average molecular weight is 250 g/mol. The lowest BCUT2D eigenvalue weighted by Crippen LogP contribution is -2.07. The van der Waals surface area contributed by atoms with E-state index in [1.165, 1.54) is 4.40 Å². The number of aryl methyl sites for hydroxylation is 1. The molecule has 3 nitrogen and oxygen atoms in total. The molecular formula is C9H7ClF3N3. The van der Waals surface area contributed by atoms with Crippen LogP contribution in [0.25, 0.3) is 5.65 Å². The summed E-state index contributed by atoms with van der Waals surface area (Å²) in [6.07, 6.45) is -2.98. The lowest BCUT2D eigenvalue weighted by Gasteiger charge is -2.08. The minimum atomic E-state index is -4.42. The molecule has 2 rings (SSSR count). The first-order chi connectivity index (χ1) is 7.43. The molecule has 0 aliphatic carbocycles. The number of alkyl halides is 3. The summed E-state index contributed by atoms with van der Waals surface area (Å²) in [5, 5.41) is 7.43. The van der Waals surface area contributed by atoms with E-state index >= 15 is 0 Å². The summed E-state index contributed by atoms with van der Waals surface area (Å²) in [6, 6.07) is 0.852. The smallest absolute Gasteiger partial charge is 0.285 e. The number of fused-ring (bicyclic) bond motifs is 1. The van der Waals surface area contributed by atoms with Crippen LogP contribution in [0.4, 0.5) is 13.2 Å². The van der Waals surface area contributed by atoms with E-state index < -0.39 is 11.7 Å². The summed E-state index contributed by atoms with van der Waals surface area (Å²) >= 11 is 5.72.